The monoisotopic (exact) mass is 346 g/mol. The number of nitrogens with two attached hydrogens (primary N) is 1. The van der Waals surface area contributed by atoms with E-state index in [9.17, 15) is 0 Å². The van der Waals surface area contributed by atoms with Gasteiger partial charge in [0.25, 0.3) is 0 Å². The SMILES string of the molecule is CCc1nn(C)c(Cn2ccc3cc(CN)ccc32)c1Br. The number of nitrogens with zero attached hydrogens (tertiary/aromatic N) is 3. The van der Waals surface area contributed by atoms with Crippen LogP contribution in [0.3, 0.4) is 0 Å². The number of hydrogen-bond acceptors (Lipinski definition) is 2. The van der Waals surface area contributed by atoms with Gasteiger partial charge in [-0.1, -0.05) is 13.0 Å². The van der Waals surface area contributed by atoms with E-state index in [1.54, 1.807) is 0 Å². The van der Waals surface area contributed by atoms with Crippen molar-refractivity contribution in [3.8, 4) is 0 Å². The van der Waals surface area contributed by atoms with Gasteiger partial charge in [0.2, 0.25) is 0 Å². The summed E-state index contributed by atoms with van der Waals surface area (Å²) in [5, 5.41) is 5.79. The maximum absolute atomic E-state index is 5.70. The minimum absolute atomic E-state index is 0.578. The molecule has 0 aliphatic carbocycles. The summed E-state index contributed by atoms with van der Waals surface area (Å²) in [5.41, 5.74) is 10.4. The quantitative estimate of drug-likeness (QED) is 0.788. The lowest BCUT2D eigenvalue weighted by molar-refractivity contribution is 0.668. The maximum atomic E-state index is 5.70. The largest absolute Gasteiger partial charge is 0.341 e. The van der Waals surface area contributed by atoms with Crippen LogP contribution in [0.4, 0.5) is 0 Å². The van der Waals surface area contributed by atoms with Gasteiger partial charge in [-0.15, -0.1) is 0 Å². The number of aryl methyl sites for hydroxylation is 2. The minimum atomic E-state index is 0.578. The van der Waals surface area contributed by atoms with E-state index in [1.807, 2.05) is 11.7 Å². The van der Waals surface area contributed by atoms with Crippen LogP contribution in [0.2, 0.25) is 0 Å². The predicted octanol–water partition coefficient (Wildman–Crippen LogP) is 3.21. The summed E-state index contributed by atoms with van der Waals surface area (Å²) in [6.45, 7) is 3.50. The first-order valence-corrected chi connectivity index (χ1v) is 7.91. The average Bonchev–Trinajstić information content (AvgIpc) is 3.02. The normalized spacial score (nSPS) is 11.4. The highest BCUT2D eigenvalue weighted by atomic mass is 79.9. The molecule has 2 N–H and O–H groups in total. The molecule has 0 aliphatic heterocycles. The van der Waals surface area contributed by atoms with Gasteiger partial charge in [0.05, 0.1) is 22.4 Å². The Balaban J connectivity index is 2.01. The molecule has 1 aromatic carbocycles. The molecule has 0 atom stereocenters. The molecule has 3 aromatic rings. The second-order valence-corrected chi connectivity index (χ2v) is 6.02. The van der Waals surface area contributed by atoms with E-state index in [0.29, 0.717) is 6.54 Å². The Labute approximate surface area is 132 Å². The highest BCUT2D eigenvalue weighted by molar-refractivity contribution is 9.10. The van der Waals surface area contributed by atoms with Crippen LogP contribution < -0.4 is 5.73 Å². The molecule has 21 heavy (non-hydrogen) atoms. The summed E-state index contributed by atoms with van der Waals surface area (Å²) in [5.74, 6) is 0. The van der Waals surface area contributed by atoms with Crippen LogP contribution in [0.25, 0.3) is 10.9 Å². The Morgan fingerprint density at radius 3 is 2.76 bits per heavy atom. The number of fused-ring (bicyclic) bond motifs is 1. The van der Waals surface area contributed by atoms with Gasteiger partial charge in [0.1, 0.15) is 0 Å². The Bertz CT molecular complexity index is 785. The zero-order chi connectivity index (χ0) is 15.0. The fourth-order valence-corrected chi connectivity index (χ4v) is 3.41. The van der Waals surface area contributed by atoms with E-state index in [-0.39, 0.29) is 0 Å². The number of rotatable bonds is 4. The van der Waals surface area contributed by atoms with Crippen LogP contribution >= 0.6 is 15.9 Å². The van der Waals surface area contributed by atoms with Gasteiger partial charge in [0.15, 0.2) is 0 Å². The lowest BCUT2D eigenvalue weighted by Crippen LogP contribution is -2.05. The topological polar surface area (TPSA) is 48.8 Å². The summed E-state index contributed by atoms with van der Waals surface area (Å²) < 4.78 is 5.33. The van der Waals surface area contributed by atoms with E-state index in [0.717, 1.165) is 28.7 Å². The summed E-state index contributed by atoms with van der Waals surface area (Å²) in [6.07, 6.45) is 3.05. The van der Waals surface area contributed by atoms with Crippen molar-refractivity contribution in [2.75, 3.05) is 0 Å². The van der Waals surface area contributed by atoms with Gasteiger partial charge < -0.3 is 10.3 Å². The fraction of sp³-hybridized carbons (Fsp3) is 0.312. The molecule has 0 fully saturated rings. The Hall–Kier alpha value is -1.59. The van der Waals surface area contributed by atoms with Crippen LogP contribution in [0.15, 0.2) is 34.9 Å². The van der Waals surface area contributed by atoms with Gasteiger partial charge in [-0.2, -0.15) is 5.10 Å². The third-order valence-electron chi connectivity index (χ3n) is 3.89. The molecule has 5 heteroatoms. The van der Waals surface area contributed by atoms with Crippen LogP contribution in [-0.4, -0.2) is 14.3 Å². The Kier molecular flexibility index (Phi) is 3.87. The van der Waals surface area contributed by atoms with Crippen LogP contribution in [0, 0.1) is 0 Å². The number of halogens is 1. The zero-order valence-corrected chi connectivity index (χ0v) is 13.9. The molecular formula is C16H19BrN4. The van der Waals surface area contributed by atoms with Crippen molar-refractivity contribution >= 4 is 26.8 Å². The van der Waals surface area contributed by atoms with Crippen LogP contribution in [-0.2, 0) is 26.6 Å². The molecule has 2 heterocycles. The van der Waals surface area contributed by atoms with E-state index >= 15 is 0 Å². The molecule has 2 aromatic heterocycles. The molecule has 0 saturated carbocycles. The summed E-state index contributed by atoms with van der Waals surface area (Å²) >= 11 is 3.68. The Morgan fingerprint density at radius 1 is 1.29 bits per heavy atom. The molecule has 0 aliphatic rings. The summed E-state index contributed by atoms with van der Waals surface area (Å²) in [6, 6.07) is 8.53. The highest BCUT2D eigenvalue weighted by Crippen LogP contribution is 2.25. The molecule has 0 saturated heterocycles. The number of hydrogen-bond donors (Lipinski definition) is 1. The lowest BCUT2D eigenvalue weighted by atomic mass is 10.1. The third-order valence-corrected chi connectivity index (χ3v) is 4.81. The first-order valence-electron chi connectivity index (χ1n) is 7.12. The first-order chi connectivity index (χ1) is 10.1. The van der Waals surface area contributed by atoms with Crippen molar-refractivity contribution < 1.29 is 0 Å². The van der Waals surface area contributed by atoms with Crippen molar-refractivity contribution in [1.29, 1.82) is 0 Å². The second kappa shape index (κ2) is 5.66. The molecule has 0 spiro atoms. The minimum Gasteiger partial charge on any atom is -0.341 e. The van der Waals surface area contributed by atoms with Crippen LogP contribution in [0.5, 0.6) is 0 Å². The zero-order valence-electron chi connectivity index (χ0n) is 12.3. The average molecular weight is 347 g/mol. The van der Waals surface area contributed by atoms with Crippen molar-refractivity contribution in [2.45, 2.75) is 26.4 Å². The fourth-order valence-electron chi connectivity index (χ4n) is 2.67. The maximum Gasteiger partial charge on any atom is 0.0767 e. The molecule has 4 nitrogen and oxygen atoms in total. The summed E-state index contributed by atoms with van der Waals surface area (Å²) in [7, 11) is 2.00. The second-order valence-electron chi connectivity index (χ2n) is 5.23. The first kappa shape index (κ1) is 14.4. The van der Waals surface area contributed by atoms with Gasteiger partial charge in [0, 0.05) is 25.3 Å². The predicted molar refractivity (Wildman–Crippen MR) is 89.2 cm³/mol. The van der Waals surface area contributed by atoms with Crippen molar-refractivity contribution in [3.05, 3.63) is 51.9 Å². The van der Waals surface area contributed by atoms with Crippen molar-refractivity contribution in [1.82, 2.24) is 14.3 Å². The molecule has 0 bridgehead atoms. The highest BCUT2D eigenvalue weighted by Gasteiger charge is 2.13. The molecule has 0 radical (unpaired) electrons. The van der Waals surface area contributed by atoms with E-state index < -0.39 is 0 Å². The van der Waals surface area contributed by atoms with Gasteiger partial charge in [-0.25, -0.2) is 0 Å². The Morgan fingerprint density at radius 2 is 2.10 bits per heavy atom. The van der Waals surface area contributed by atoms with Gasteiger partial charge in [-0.3, -0.25) is 4.68 Å². The smallest absolute Gasteiger partial charge is 0.0767 e. The molecule has 0 amide bonds. The van der Waals surface area contributed by atoms with Crippen molar-refractivity contribution in [3.63, 3.8) is 0 Å². The van der Waals surface area contributed by atoms with Gasteiger partial charge in [-0.05, 0) is 51.5 Å². The molecule has 0 unspecified atom stereocenters. The number of benzene rings is 1. The molecule has 110 valence electrons. The van der Waals surface area contributed by atoms with E-state index in [2.05, 4.69) is 63.0 Å². The molecule has 3 rings (SSSR count). The number of aromatic nitrogens is 3. The third kappa shape index (κ3) is 2.51. The van der Waals surface area contributed by atoms with Crippen molar-refractivity contribution in [2.24, 2.45) is 12.8 Å². The lowest BCUT2D eigenvalue weighted by Gasteiger charge is -2.07. The van der Waals surface area contributed by atoms with Crippen LogP contribution in [0.1, 0.15) is 23.9 Å². The van der Waals surface area contributed by atoms with E-state index in [4.69, 9.17) is 5.73 Å². The van der Waals surface area contributed by atoms with Gasteiger partial charge >= 0.3 is 0 Å². The standard InChI is InChI=1S/C16H19BrN4/c1-3-13-16(17)15(20(2)19-13)10-21-7-6-12-8-11(9-18)4-5-14(12)21/h4-8H,3,9-10,18H2,1-2H3. The van der Waals surface area contributed by atoms with E-state index in [1.165, 1.54) is 16.6 Å². The molecular weight excluding hydrogens is 328 g/mol. The summed E-state index contributed by atoms with van der Waals surface area (Å²) in [4.78, 5) is 0.